The van der Waals surface area contributed by atoms with Crippen molar-refractivity contribution in [1.82, 2.24) is 4.90 Å². The van der Waals surface area contributed by atoms with Crippen molar-refractivity contribution in [3.8, 4) is 0 Å². The predicted octanol–water partition coefficient (Wildman–Crippen LogP) is 0.328. The van der Waals surface area contributed by atoms with Crippen LogP contribution in [-0.2, 0) is 9.59 Å². The van der Waals surface area contributed by atoms with Gasteiger partial charge in [0.2, 0.25) is 5.91 Å². The van der Waals surface area contributed by atoms with Crippen LogP contribution < -0.4 is 5.73 Å². The Balaban J connectivity index is 2.07. The summed E-state index contributed by atoms with van der Waals surface area (Å²) in [7, 11) is 0. The van der Waals surface area contributed by atoms with E-state index in [9.17, 15) is 14.7 Å². The zero-order valence-electron chi connectivity index (χ0n) is 10.8. The van der Waals surface area contributed by atoms with E-state index in [2.05, 4.69) is 0 Å². The number of carbonyl (C=O) groups excluding carboxylic acids is 1. The molecule has 1 fully saturated rings. The van der Waals surface area contributed by atoms with Gasteiger partial charge in [-0.3, -0.25) is 4.79 Å². The predicted molar refractivity (Wildman–Crippen MR) is 73.6 cm³/mol. The van der Waals surface area contributed by atoms with E-state index in [1.807, 2.05) is 0 Å². The minimum absolute atomic E-state index is 0.0435. The van der Waals surface area contributed by atoms with Crippen LogP contribution in [0.5, 0.6) is 0 Å². The Labute approximate surface area is 116 Å². The van der Waals surface area contributed by atoms with Crippen LogP contribution in [0.3, 0.4) is 0 Å². The van der Waals surface area contributed by atoms with Crippen molar-refractivity contribution in [3.05, 3.63) is 35.9 Å². The fourth-order valence-corrected chi connectivity index (χ4v) is 2.16. The van der Waals surface area contributed by atoms with Gasteiger partial charge >= 0.3 is 5.97 Å². The van der Waals surface area contributed by atoms with E-state index in [-0.39, 0.29) is 13.0 Å². The fourth-order valence-electron chi connectivity index (χ4n) is 2.16. The Morgan fingerprint density at radius 2 is 1.95 bits per heavy atom. The summed E-state index contributed by atoms with van der Waals surface area (Å²) in [6.45, 7) is 0.0435. The molecule has 1 aromatic carbocycles. The molecular weight excluding hydrogens is 260 g/mol. The Hall–Kier alpha value is -2.34. The number of likely N-dealkylation sites (tertiary alicyclic amines) is 1. The molecule has 1 saturated heterocycles. The maximum Gasteiger partial charge on any atom is 0.326 e. The van der Waals surface area contributed by atoms with Gasteiger partial charge in [0.25, 0.3) is 0 Å². The molecule has 106 valence electrons. The second kappa shape index (κ2) is 5.75. The number of hydrogen-bond donors (Lipinski definition) is 3. The monoisotopic (exact) mass is 276 g/mol. The summed E-state index contributed by atoms with van der Waals surface area (Å²) in [6, 6.07) is 5.97. The van der Waals surface area contributed by atoms with Crippen LogP contribution in [0.4, 0.5) is 5.69 Å². The van der Waals surface area contributed by atoms with Crippen molar-refractivity contribution >= 4 is 23.6 Å². The maximum atomic E-state index is 12.0. The SMILES string of the molecule is Nc1ccc(/C=C/C(=O)N2CC(O)C[C@H]2C(=O)O)cc1. The van der Waals surface area contributed by atoms with Crippen LogP contribution in [0.25, 0.3) is 6.08 Å². The van der Waals surface area contributed by atoms with Gasteiger partial charge in [-0.2, -0.15) is 0 Å². The zero-order chi connectivity index (χ0) is 14.7. The number of β-amino-alcohol motifs (C(OH)–C–C–N with tert-alkyl or cyclic N) is 1. The molecule has 2 rings (SSSR count). The first-order valence-corrected chi connectivity index (χ1v) is 6.22. The Bertz CT molecular complexity index is 539. The Morgan fingerprint density at radius 1 is 1.30 bits per heavy atom. The van der Waals surface area contributed by atoms with Gasteiger partial charge in [0, 0.05) is 24.7 Å². The topological polar surface area (TPSA) is 104 Å². The summed E-state index contributed by atoms with van der Waals surface area (Å²) < 4.78 is 0. The van der Waals surface area contributed by atoms with E-state index in [1.54, 1.807) is 30.3 Å². The number of carboxylic acids is 1. The molecular formula is C14H16N2O4. The molecule has 0 spiro atoms. The molecule has 20 heavy (non-hydrogen) atoms. The number of rotatable bonds is 3. The average Bonchev–Trinajstić information content (AvgIpc) is 2.80. The number of benzene rings is 1. The highest BCUT2D eigenvalue weighted by molar-refractivity contribution is 5.94. The lowest BCUT2D eigenvalue weighted by Gasteiger charge is -2.19. The molecule has 0 aromatic heterocycles. The third-order valence-corrected chi connectivity index (χ3v) is 3.20. The lowest BCUT2D eigenvalue weighted by Crippen LogP contribution is -2.39. The molecule has 1 aliphatic heterocycles. The summed E-state index contributed by atoms with van der Waals surface area (Å²) in [5.74, 6) is -1.53. The number of carboxylic acid groups (broad SMARTS) is 1. The summed E-state index contributed by atoms with van der Waals surface area (Å²) >= 11 is 0. The molecule has 6 heteroatoms. The smallest absolute Gasteiger partial charge is 0.326 e. The minimum atomic E-state index is -1.10. The van der Waals surface area contributed by atoms with Crippen LogP contribution in [0.15, 0.2) is 30.3 Å². The molecule has 0 aliphatic carbocycles. The first-order chi connectivity index (χ1) is 9.47. The van der Waals surface area contributed by atoms with Gasteiger partial charge in [-0.1, -0.05) is 12.1 Å². The van der Waals surface area contributed by atoms with Gasteiger partial charge in [0.1, 0.15) is 6.04 Å². The van der Waals surface area contributed by atoms with Gasteiger partial charge in [0.05, 0.1) is 6.10 Å². The van der Waals surface area contributed by atoms with E-state index >= 15 is 0 Å². The number of aliphatic hydroxyl groups is 1. The molecule has 2 atom stereocenters. The molecule has 1 heterocycles. The second-order valence-electron chi connectivity index (χ2n) is 4.73. The molecule has 1 aromatic rings. The molecule has 0 saturated carbocycles. The normalized spacial score (nSPS) is 22.4. The minimum Gasteiger partial charge on any atom is -0.480 e. The van der Waals surface area contributed by atoms with Crippen LogP contribution in [0.1, 0.15) is 12.0 Å². The van der Waals surface area contributed by atoms with E-state index in [0.717, 1.165) is 5.56 Å². The quantitative estimate of drug-likeness (QED) is 0.545. The molecule has 4 N–H and O–H groups in total. The van der Waals surface area contributed by atoms with Crippen LogP contribution in [0, 0.1) is 0 Å². The number of nitrogen functional groups attached to an aromatic ring is 1. The number of nitrogens with two attached hydrogens (primary N) is 1. The molecule has 0 radical (unpaired) electrons. The van der Waals surface area contributed by atoms with Gasteiger partial charge in [-0.15, -0.1) is 0 Å². The number of aliphatic carboxylic acids is 1. The van der Waals surface area contributed by atoms with Gasteiger partial charge in [-0.05, 0) is 23.8 Å². The Morgan fingerprint density at radius 3 is 2.55 bits per heavy atom. The van der Waals surface area contributed by atoms with Crippen molar-refractivity contribution in [2.75, 3.05) is 12.3 Å². The van der Waals surface area contributed by atoms with Crippen LogP contribution in [0.2, 0.25) is 0 Å². The average molecular weight is 276 g/mol. The van der Waals surface area contributed by atoms with Gasteiger partial charge in [-0.25, -0.2) is 4.79 Å². The summed E-state index contributed by atoms with van der Waals surface area (Å²) in [5.41, 5.74) is 6.97. The largest absolute Gasteiger partial charge is 0.480 e. The van der Waals surface area contributed by atoms with Gasteiger partial charge in [0.15, 0.2) is 0 Å². The lowest BCUT2D eigenvalue weighted by molar-refractivity contribution is -0.146. The van der Waals surface area contributed by atoms with Crippen molar-refractivity contribution in [1.29, 1.82) is 0 Å². The highest BCUT2D eigenvalue weighted by Crippen LogP contribution is 2.19. The number of aliphatic hydroxyl groups excluding tert-OH is 1. The second-order valence-corrected chi connectivity index (χ2v) is 4.73. The number of hydrogen-bond acceptors (Lipinski definition) is 4. The number of nitrogens with zero attached hydrogens (tertiary/aromatic N) is 1. The molecule has 1 aliphatic rings. The van der Waals surface area contributed by atoms with E-state index in [1.165, 1.54) is 11.0 Å². The highest BCUT2D eigenvalue weighted by atomic mass is 16.4. The van der Waals surface area contributed by atoms with E-state index in [4.69, 9.17) is 10.8 Å². The summed E-state index contributed by atoms with van der Waals surface area (Å²) in [5, 5.41) is 18.5. The number of anilines is 1. The third-order valence-electron chi connectivity index (χ3n) is 3.20. The number of carbonyl (C=O) groups is 2. The molecule has 1 amide bonds. The summed E-state index contributed by atoms with van der Waals surface area (Å²) in [6.07, 6.45) is 2.17. The van der Waals surface area contributed by atoms with Crippen molar-refractivity contribution in [2.45, 2.75) is 18.6 Å². The molecule has 6 nitrogen and oxygen atoms in total. The van der Waals surface area contributed by atoms with Crippen molar-refractivity contribution in [3.63, 3.8) is 0 Å². The lowest BCUT2D eigenvalue weighted by atomic mass is 10.2. The van der Waals surface area contributed by atoms with Crippen molar-refractivity contribution in [2.24, 2.45) is 0 Å². The third kappa shape index (κ3) is 3.16. The van der Waals surface area contributed by atoms with Crippen LogP contribution >= 0.6 is 0 Å². The molecule has 0 bridgehead atoms. The summed E-state index contributed by atoms with van der Waals surface area (Å²) in [4.78, 5) is 24.2. The first-order valence-electron chi connectivity index (χ1n) is 6.22. The standard InChI is InChI=1S/C14H16N2O4/c15-10-4-1-9(2-5-10)3-6-13(18)16-8-11(17)7-12(16)14(19)20/h1-6,11-12,17H,7-8,15H2,(H,19,20)/b6-3+/t11?,12-/m0/s1. The van der Waals surface area contributed by atoms with E-state index in [0.29, 0.717) is 5.69 Å². The van der Waals surface area contributed by atoms with Crippen LogP contribution in [-0.4, -0.2) is 45.7 Å². The van der Waals surface area contributed by atoms with E-state index < -0.39 is 24.0 Å². The number of amides is 1. The highest BCUT2D eigenvalue weighted by Gasteiger charge is 2.37. The molecule has 1 unspecified atom stereocenters. The first kappa shape index (κ1) is 14.1. The zero-order valence-corrected chi connectivity index (χ0v) is 10.8. The van der Waals surface area contributed by atoms with Gasteiger partial charge < -0.3 is 20.8 Å². The van der Waals surface area contributed by atoms with Crippen molar-refractivity contribution < 1.29 is 19.8 Å². The fraction of sp³-hybridized carbons (Fsp3) is 0.286. The maximum absolute atomic E-state index is 12.0. The Kier molecular flexibility index (Phi) is 4.05.